The fourth-order valence-corrected chi connectivity index (χ4v) is 2.32. The predicted octanol–water partition coefficient (Wildman–Crippen LogP) is 1.68. The maximum atomic E-state index is 12.0. The van der Waals surface area contributed by atoms with Crippen molar-refractivity contribution in [1.82, 2.24) is 4.90 Å². The number of aliphatic carboxylic acids is 1. The number of furan rings is 1. The average molecular weight is 251 g/mol. The Bertz CT molecular complexity index is 413. The van der Waals surface area contributed by atoms with Crippen LogP contribution in [-0.2, 0) is 16.0 Å². The van der Waals surface area contributed by atoms with Crippen LogP contribution in [0.25, 0.3) is 0 Å². The van der Waals surface area contributed by atoms with E-state index in [4.69, 9.17) is 9.52 Å². The summed E-state index contributed by atoms with van der Waals surface area (Å²) in [5, 5.41) is 9.10. The average Bonchev–Trinajstić information content (AvgIpc) is 2.89. The van der Waals surface area contributed by atoms with Crippen LogP contribution in [-0.4, -0.2) is 34.5 Å². The lowest BCUT2D eigenvalue weighted by atomic mass is 10.0. The second-order valence-electron chi connectivity index (χ2n) is 4.52. The summed E-state index contributed by atoms with van der Waals surface area (Å²) in [5.41, 5.74) is 0. The van der Waals surface area contributed by atoms with Gasteiger partial charge in [-0.25, -0.2) is 4.79 Å². The van der Waals surface area contributed by atoms with E-state index in [0.717, 1.165) is 18.6 Å². The van der Waals surface area contributed by atoms with E-state index >= 15 is 0 Å². The number of carbonyl (C=O) groups excluding carboxylic acids is 1. The van der Waals surface area contributed by atoms with Crippen molar-refractivity contribution in [3.63, 3.8) is 0 Å². The van der Waals surface area contributed by atoms with E-state index in [2.05, 4.69) is 0 Å². The summed E-state index contributed by atoms with van der Waals surface area (Å²) in [5.74, 6) is -0.244. The van der Waals surface area contributed by atoms with Crippen LogP contribution >= 0.6 is 0 Å². The maximum absolute atomic E-state index is 12.0. The number of amides is 1. The molecule has 1 aliphatic heterocycles. The topological polar surface area (TPSA) is 70.8 Å². The molecule has 1 amide bonds. The minimum atomic E-state index is -0.902. The molecule has 1 aromatic heterocycles. The highest BCUT2D eigenvalue weighted by molar-refractivity contribution is 5.83. The van der Waals surface area contributed by atoms with Gasteiger partial charge in [-0.3, -0.25) is 4.79 Å². The summed E-state index contributed by atoms with van der Waals surface area (Å²) in [6, 6.07) is 2.95. The first kappa shape index (κ1) is 12.7. The van der Waals surface area contributed by atoms with Crippen LogP contribution in [0.5, 0.6) is 0 Å². The van der Waals surface area contributed by atoms with Gasteiger partial charge in [-0.05, 0) is 31.4 Å². The minimum Gasteiger partial charge on any atom is -0.480 e. The molecule has 1 saturated heterocycles. The Balaban J connectivity index is 1.92. The van der Waals surface area contributed by atoms with Crippen molar-refractivity contribution in [2.45, 2.75) is 38.1 Å². The van der Waals surface area contributed by atoms with Crippen LogP contribution in [0.2, 0.25) is 0 Å². The van der Waals surface area contributed by atoms with E-state index in [1.54, 1.807) is 12.3 Å². The molecule has 0 radical (unpaired) electrons. The monoisotopic (exact) mass is 251 g/mol. The standard InChI is InChI=1S/C13H17NO4/c15-12(7-6-10-4-3-9-18-10)14-8-2-1-5-11(14)13(16)17/h3-4,9,11H,1-2,5-8H2,(H,16,17)/t11-/m0/s1. The third-order valence-corrected chi connectivity index (χ3v) is 3.27. The number of carbonyl (C=O) groups is 2. The molecule has 0 spiro atoms. The molecule has 1 atom stereocenters. The zero-order valence-electron chi connectivity index (χ0n) is 10.2. The molecular weight excluding hydrogens is 234 g/mol. The van der Waals surface area contributed by atoms with Crippen LogP contribution in [0.4, 0.5) is 0 Å². The fourth-order valence-electron chi connectivity index (χ4n) is 2.32. The number of nitrogens with zero attached hydrogens (tertiary/aromatic N) is 1. The number of piperidine rings is 1. The summed E-state index contributed by atoms with van der Waals surface area (Å²) < 4.78 is 5.16. The number of likely N-dealkylation sites (tertiary alicyclic amines) is 1. The number of hydrogen-bond acceptors (Lipinski definition) is 3. The van der Waals surface area contributed by atoms with Gasteiger partial charge < -0.3 is 14.4 Å². The van der Waals surface area contributed by atoms with Crippen molar-refractivity contribution in [2.75, 3.05) is 6.54 Å². The summed E-state index contributed by atoms with van der Waals surface area (Å²) in [7, 11) is 0. The van der Waals surface area contributed by atoms with Crippen molar-refractivity contribution < 1.29 is 19.1 Å². The van der Waals surface area contributed by atoms with Gasteiger partial charge >= 0.3 is 5.97 Å². The highest BCUT2D eigenvalue weighted by Crippen LogP contribution is 2.19. The molecule has 0 saturated carbocycles. The van der Waals surface area contributed by atoms with E-state index in [-0.39, 0.29) is 5.91 Å². The van der Waals surface area contributed by atoms with Gasteiger partial charge in [-0.1, -0.05) is 0 Å². The zero-order valence-corrected chi connectivity index (χ0v) is 10.2. The lowest BCUT2D eigenvalue weighted by Gasteiger charge is -2.32. The van der Waals surface area contributed by atoms with Crippen LogP contribution in [0.3, 0.4) is 0 Å². The third-order valence-electron chi connectivity index (χ3n) is 3.27. The van der Waals surface area contributed by atoms with Gasteiger partial charge in [0.25, 0.3) is 0 Å². The van der Waals surface area contributed by atoms with Gasteiger partial charge in [-0.2, -0.15) is 0 Å². The molecule has 1 aliphatic rings. The van der Waals surface area contributed by atoms with E-state index in [1.807, 2.05) is 6.07 Å². The van der Waals surface area contributed by atoms with Crippen LogP contribution in [0.15, 0.2) is 22.8 Å². The summed E-state index contributed by atoms with van der Waals surface area (Å²) >= 11 is 0. The largest absolute Gasteiger partial charge is 0.480 e. The van der Waals surface area contributed by atoms with Gasteiger partial charge in [-0.15, -0.1) is 0 Å². The molecule has 0 aliphatic carbocycles. The molecule has 1 N–H and O–H groups in total. The first-order valence-corrected chi connectivity index (χ1v) is 6.23. The Morgan fingerprint density at radius 2 is 2.28 bits per heavy atom. The molecule has 98 valence electrons. The molecule has 1 aromatic rings. The quantitative estimate of drug-likeness (QED) is 0.883. The predicted molar refractivity (Wildman–Crippen MR) is 64.0 cm³/mol. The molecule has 18 heavy (non-hydrogen) atoms. The molecule has 0 bridgehead atoms. The van der Waals surface area contributed by atoms with Crippen LogP contribution in [0.1, 0.15) is 31.4 Å². The zero-order chi connectivity index (χ0) is 13.0. The Morgan fingerprint density at radius 1 is 1.44 bits per heavy atom. The Hall–Kier alpha value is -1.78. The van der Waals surface area contributed by atoms with Crippen molar-refractivity contribution in [2.24, 2.45) is 0 Å². The first-order chi connectivity index (χ1) is 8.68. The molecule has 0 aromatic carbocycles. The SMILES string of the molecule is O=C(O)[C@@H]1CCCCN1C(=O)CCc1ccco1. The van der Waals surface area contributed by atoms with Gasteiger partial charge in [0.2, 0.25) is 5.91 Å². The number of rotatable bonds is 4. The maximum Gasteiger partial charge on any atom is 0.326 e. The summed E-state index contributed by atoms with van der Waals surface area (Å²) in [6.07, 6.45) is 4.71. The van der Waals surface area contributed by atoms with E-state index in [9.17, 15) is 9.59 Å². The first-order valence-electron chi connectivity index (χ1n) is 6.23. The molecule has 5 nitrogen and oxygen atoms in total. The van der Waals surface area contributed by atoms with Gasteiger partial charge in [0, 0.05) is 19.4 Å². The summed E-state index contributed by atoms with van der Waals surface area (Å²) in [4.78, 5) is 24.6. The smallest absolute Gasteiger partial charge is 0.326 e. The fraction of sp³-hybridized carbons (Fsp3) is 0.538. The van der Waals surface area contributed by atoms with Crippen LogP contribution in [0, 0.1) is 0 Å². The number of carboxylic acid groups (broad SMARTS) is 1. The second-order valence-corrected chi connectivity index (χ2v) is 4.52. The second kappa shape index (κ2) is 5.71. The molecule has 0 unspecified atom stereocenters. The van der Waals surface area contributed by atoms with Crippen molar-refractivity contribution in [1.29, 1.82) is 0 Å². The normalized spacial score (nSPS) is 19.8. The van der Waals surface area contributed by atoms with Crippen molar-refractivity contribution in [3.8, 4) is 0 Å². The van der Waals surface area contributed by atoms with Gasteiger partial charge in [0.15, 0.2) is 0 Å². The Kier molecular flexibility index (Phi) is 4.02. The number of hydrogen-bond donors (Lipinski definition) is 1. The molecule has 5 heteroatoms. The van der Waals surface area contributed by atoms with Gasteiger partial charge in [0.1, 0.15) is 11.8 Å². The van der Waals surface area contributed by atoms with E-state index < -0.39 is 12.0 Å². The van der Waals surface area contributed by atoms with E-state index in [1.165, 1.54) is 4.90 Å². The minimum absolute atomic E-state index is 0.0986. The third kappa shape index (κ3) is 2.91. The van der Waals surface area contributed by atoms with Gasteiger partial charge in [0.05, 0.1) is 6.26 Å². The lowest BCUT2D eigenvalue weighted by molar-refractivity contribution is -0.152. The summed E-state index contributed by atoms with van der Waals surface area (Å²) in [6.45, 7) is 0.550. The highest BCUT2D eigenvalue weighted by atomic mass is 16.4. The highest BCUT2D eigenvalue weighted by Gasteiger charge is 2.31. The number of aryl methyl sites for hydroxylation is 1. The van der Waals surface area contributed by atoms with Crippen molar-refractivity contribution in [3.05, 3.63) is 24.2 Å². The van der Waals surface area contributed by atoms with E-state index in [0.29, 0.717) is 25.8 Å². The van der Waals surface area contributed by atoms with Crippen molar-refractivity contribution >= 4 is 11.9 Å². The molecule has 1 fully saturated rings. The number of carboxylic acids is 1. The molecule has 2 rings (SSSR count). The molecular formula is C13H17NO4. The Morgan fingerprint density at radius 3 is 2.94 bits per heavy atom. The Labute approximate surface area is 105 Å². The molecule has 2 heterocycles. The van der Waals surface area contributed by atoms with Crippen LogP contribution < -0.4 is 0 Å². The lowest BCUT2D eigenvalue weighted by Crippen LogP contribution is -2.48.